The lowest BCUT2D eigenvalue weighted by Gasteiger charge is -2.31. The number of amides is 1. The summed E-state index contributed by atoms with van der Waals surface area (Å²) in [5.41, 5.74) is 0.571. The lowest BCUT2D eigenvalue weighted by Crippen LogP contribution is -2.37. The molecule has 1 fully saturated rings. The summed E-state index contributed by atoms with van der Waals surface area (Å²) < 4.78 is 1.70. The first-order valence-corrected chi connectivity index (χ1v) is 9.10. The van der Waals surface area contributed by atoms with E-state index >= 15 is 0 Å². The normalized spacial score (nSPS) is 16.0. The number of nitrogens with zero attached hydrogens (tertiary/aromatic N) is 5. The van der Waals surface area contributed by atoms with Crippen LogP contribution in [0.25, 0.3) is 4.96 Å². The van der Waals surface area contributed by atoms with E-state index in [0.717, 1.165) is 22.8 Å². The molecule has 0 unspecified atom stereocenters. The van der Waals surface area contributed by atoms with Crippen LogP contribution in [-0.2, 0) is 0 Å². The highest BCUT2D eigenvalue weighted by atomic mass is 35.5. The maximum atomic E-state index is 12.6. The molecular weight excluding hydrogens is 369 g/mol. The van der Waals surface area contributed by atoms with Crippen LogP contribution in [0.2, 0.25) is 10.0 Å². The van der Waals surface area contributed by atoms with Crippen molar-refractivity contribution in [1.29, 1.82) is 0 Å². The Kier molecular flexibility index (Phi) is 4.15. The monoisotopic (exact) mass is 381 g/mol. The number of benzene rings is 1. The Morgan fingerprint density at radius 2 is 2.00 bits per heavy atom. The Morgan fingerprint density at radius 1 is 1.21 bits per heavy atom. The lowest BCUT2D eigenvalue weighted by atomic mass is 9.97. The number of halogens is 2. The molecule has 0 radical (unpaired) electrons. The predicted octanol–water partition coefficient (Wildman–Crippen LogP) is 3.51. The summed E-state index contributed by atoms with van der Waals surface area (Å²) in [5.74, 6) is 0.347. The van der Waals surface area contributed by atoms with E-state index in [1.807, 2.05) is 4.90 Å². The molecule has 2 aromatic heterocycles. The summed E-state index contributed by atoms with van der Waals surface area (Å²) in [6.07, 6.45) is 3.38. The zero-order valence-corrected chi connectivity index (χ0v) is 14.9. The second kappa shape index (κ2) is 6.31. The van der Waals surface area contributed by atoms with Gasteiger partial charge in [-0.3, -0.25) is 4.79 Å². The van der Waals surface area contributed by atoms with E-state index in [4.69, 9.17) is 23.2 Å². The molecule has 4 rings (SSSR count). The van der Waals surface area contributed by atoms with Crippen molar-refractivity contribution in [2.75, 3.05) is 13.1 Å². The number of carbonyl (C=O) groups excluding carboxylic acids is 1. The molecular formula is C15H13Cl2N5OS. The fourth-order valence-electron chi connectivity index (χ4n) is 2.88. The molecule has 124 valence electrons. The lowest BCUT2D eigenvalue weighted by molar-refractivity contribution is 0.0713. The smallest absolute Gasteiger partial charge is 0.253 e. The standard InChI is InChI=1S/C15H13Cl2N5OS/c16-11-2-1-10(7-12(11)17)14(23)21-5-3-9(4-6-21)13-20-22-8-18-19-15(22)24-13/h1-2,7-9H,3-6H2. The zero-order valence-electron chi connectivity index (χ0n) is 12.5. The van der Waals surface area contributed by atoms with Crippen molar-refractivity contribution >= 4 is 45.4 Å². The second-order valence-corrected chi connectivity index (χ2v) is 7.50. The van der Waals surface area contributed by atoms with Crippen molar-refractivity contribution in [3.05, 3.63) is 45.1 Å². The van der Waals surface area contributed by atoms with Crippen molar-refractivity contribution in [1.82, 2.24) is 24.7 Å². The number of likely N-dealkylation sites (tertiary alicyclic amines) is 1. The van der Waals surface area contributed by atoms with Crippen molar-refractivity contribution in [3.8, 4) is 0 Å². The Balaban J connectivity index is 1.44. The van der Waals surface area contributed by atoms with Gasteiger partial charge in [0.15, 0.2) is 0 Å². The summed E-state index contributed by atoms with van der Waals surface area (Å²) >= 11 is 13.5. The van der Waals surface area contributed by atoms with Crippen LogP contribution in [-0.4, -0.2) is 43.7 Å². The Morgan fingerprint density at radius 3 is 2.71 bits per heavy atom. The summed E-state index contributed by atoms with van der Waals surface area (Å²) in [4.78, 5) is 15.3. The Hall–Kier alpha value is -1.70. The topological polar surface area (TPSA) is 63.4 Å². The minimum absolute atomic E-state index is 0.00911. The van der Waals surface area contributed by atoms with Gasteiger partial charge in [-0.15, -0.1) is 10.2 Å². The molecule has 1 aromatic carbocycles. The van der Waals surface area contributed by atoms with Gasteiger partial charge in [0.1, 0.15) is 11.3 Å². The fraction of sp³-hybridized carbons (Fsp3) is 0.333. The molecule has 0 spiro atoms. The van der Waals surface area contributed by atoms with E-state index in [1.54, 1.807) is 40.4 Å². The highest BCUT2D eigenvalue weighted by Crippen LogP contribution is 2.31. The molecule has 1 amide bonds. The van der Waals surface area contributed by atoms with Crippen LogP contribution in [0.1, 0.15) is 34.1 Å². The van der Waals surface area contributed by atoms with Gasteiger partial charge in [0.05, 0.1) is 10.0 Å². The highest BCUT2D eigenvalue weighted by Gasteiger charge is 2.27. The predicted molar refractivity (Wildman–Crippen MR) is 93.0 cm³/mol. The van der Waals surface area contributed by atoms with Crippen LogP contribution in [0.4, 0.5) is 0 Å². The maximum Gasteiger partial charge on any atom is 0.253 e. The van der Waals surface area contributed by atoms with Crippen LogP contribution in [0.15, 0.2) is 24.5 Å². The molecule has 0 bridgehead atoms. The van der Waals surface area contributed by atoms with Gasteiger partial charge in [-0.05, 0) is 31.0 Å². The summed E-state index contributed by atoms with van der Waals surface area (Å²) in [5, 5.41) is 14.3. The first-order valence-electron chi connectivity index (χ1n) is 7.53. The van der Waals surface area contributed by atoms with Crippen molar-refractivity contribution in [2.45, 2.75) is 18.8 Å². The number of fused-ring (bicyclic) bond motifs is 1. The average Bonchev–Trinajstić information content (AvgIpc) is 3.19. The summed E-state index contributed by atoms with van der Waals surface area (Å²) in [6.45, 7) is 1.40. The van der Waals surface area contributed by atoms with Crippen molar-refractivity contribution in [3.63, 3.8) is 0 Å². The van der Waals surface area contributed by atoms with Crippen LogP contribution in [0.5, 0.6) is 0 Å². The Bertz CT molecular complexity index is 872. The molecule has 1 aliphatic heterocycles. The molecule has 0 aliphatic carbocycles. The first-order chi connectivity index (χ1) is 11.6. The molecule has 24 heavy (non-hydrogen) atoms. The second-order valence-electron chi connectivity index (χ2n) is 5.69. The number of carbonyl (C=O) groups is 1. The van der Waals surface area contributed by atoms with Gasteiger partial charge in [-0.2, -0.15) is 9.61 Å². The number of hydrogen-bond acceptors (Lipinski definition) is 5. The van der Waals surface area contributed by atoms with Crippen LogP contribution in [0.3, 0.4) is 0 Å². The quantitative estimate of drug-likeness (QED) is 0.681. The zero-order chi connectivity index (χ0) is 16.7. The van der Waals surface area contributed by atoms with Gasteiger partial charge < -0.3 is 4.90 Å². The molecule has 9 heteroatoms. The minimum atomic E-state index is -0.00911. The van der Waals surface area contributed by atoms with Crippen LogP contribution in [0, 0.1) is 0 Å². The van der Waals surface area contributed by atoms with E-state index < -0.39 is 0 Å². The maximum absolute atomic E-state index is 12.6. The number of hydrogen-bond donors (Lipinski definition) is 0. The van der Waals surface area contributed by atoms with E-state index in [1.165, 1.54) is 0 Å². The first kappa shape index (κ1) is 15.8. The van der Waals surface area contributed by atoms with E-state index in [-0.39, 0.29) is 5.91 Å². The van der Waals surface area contributed by atoms with Gasteiger partial charge in [0.2, 0.25) is 4.96 Å². The SMILES string of the molecule is O=C(c1ccc(Cl)c(Cl)c1)N1CCC(c2nn3cnnc3s2)CC1. The van der Waals surface area contributed by atoms with Crippen molar-refractivity contribution in [2.24, 2.45) is 0 Å². The summed E-state index contributed by atoms with van der Waals surface area (Å²) in [7, 11) is 0. The van der Waals surface area contributed by atoms with Gasteiger partial charge >= 0.3 is 0 Å². The van der Waals surface area contributed by atoms with Gasteiger partial charge in [-0.25, -0.2) is 0 Å². The van der Waals surface area contributed by atoms with Gasteiger partial charge in [-0.1, -0.05) is 34.5 Å². The van der Waals surface area contributed by atoms with E-state index in [2.05, 4.69) is 15.3 Å². The average molecular weight is 382 g/mol. The third-order valence-corrected chi connectivity index (χ3v) is 6.01. The molecule has 1 aliphatic rings. The van der Waals surface area contributed by atoms with Crippen molar-refractivity contribution < 1.29 is 4.79 Å². The molecule has 6 nitrogen and oxygen atoms in total. The fourth-order valence-corrected chi connectivity index (χ4v) is 4.17. The molecule has 0 N–H and O–H groups in total. The van der Waals surface area contributed by atoms with E-state index in [9.17, 15) is 4.79 Å². The highest BCUT2D eigenvalue weighted by molar-refractivity contribution is 7.16. The van der Waals surface area contributed by atoms with Gasteiger partial charge in [0, 0.05) is 24.6 Å². The molecule has 3 heterocycles. The Labute approximate surface area is 152 Å². The molecule has 0 atom stereocenters. The van der Waals surface area contributed by atoms with Crippen LogP contribution >= 0.6 is 34.5 Å². The minimum Gasteiger partial charge on any atom is -0.339 e. The third kappa shape index (κ3) is 2.87. The number of piperidine rings is 1. The van der Waals surface area contributed by atoms with Crippen LogP contribution < -0.4 is 0 Å². The van der Waals surface area contributed by atoms with E-state index in [0.29, 0.717) is 34.6 Å². The molecule has 0 saturated carbocycles. The number of rotatable bonds is 2. The number of aromatic nitrogens is 4. The largest absolute Gasteiger partial charge is 0.339 e. The molecule has 1 saturated heterocycles. The summed E-state index contributed by atoms with van der Waals surface area (Å²) in [6, 6.07) is 5.00. The third-order valence-electron chi connectivity index (χ3n) is 4.20. The van der Waals surface area contributed by atoms with Gasteiger partial charge in [0.25, 0.3) is 5.91 Å². The molecule has 3 aromatic rings.